The lowest BCUT2D eigenvalue weighted by molar-refractivity contribution is -0.128. The number of aliphatic hydroxyl groups excluding tert-OH is 2. The first-order valence-corrected chi connectivity index (χ1v) is 10.0. The van der Waals surface area contributed by atoms with E-state index in [2.05, 4.69) is 20.8 Å². The monoisotopic (exact) mass is 344 g/mol. The number of carbonyl (C=O) groups is 1. The average Bonchev–Trinajstić information content (AvgIpc) is 2.86. The average molecular weight is 344 g/mol. The lowest BCUT2D eigenvalue weighted by Gasteiger charge is -2.60. The van der Waals surface area contributed by atoms with E-state index in [9.17, 15) is 15.0 Å². The van der Waals surface area contributed by atoms with Crippen molar-refractivity contribution in [1.82, 2.24) is 0 Å². The highest BCUT2D eigenvalue weighted by atomic mass is 16.3. The van der Waals surface area contributed by atoms with Crippen LogP contribution in [0.2, 0.25) is 0 Å². The number of carbonyl (C=O) groups excluding carboxylic acids is 1. The van der Waals surface area contributed by atoms with Crippen LogP contribution in [0.3, 0.4) is 0 Å². The Morgan fingerprint density at radius 2 is 2.04 bits per heavy atom. The number of aliphatic hydroxyl groups is 2. The van der Waals surface area contributed by atoms with Gasteiger partial charge in [0.15, 0.2) is 5.78 Å². The summed E-state index contributed by atoms with van der Waals surface area (Å²) in [6.45, 7) is 7.00. The van der Waals surface area contributed by atoms with Gasteiger partial charge in [0.05, 0.1) is 12.7 Å². The normalized spacial score (nSPS) is 50.9. The molecule has 0 spiro atoms. The Bertz CT molecular complexity index is 648. The zero-order valence-electron chi connectivity index (χ0n) is 15.8. The molecule has 0 amide bonds. The molecule has 7 atom stereocenters. The molecule has 0 heterocycles. The molecule has 0 aromatic heterocycles. The Hall–Kier alpha value is -0.930. The summed E-state index contributed by atoms with van der Waals surface area (Å²) < 4.78 is 0. The molecular weight excluding hydrogens is 312 g/mol. The topological polar surface area (TPSA) is 57.5 Å². The van der Waals surface area contributed by atoms with E-state index in [0.29, 0.717) is 24.2 Å². The zero-order chi connectivity index (χ0) is 18.0. The van der Waals surface area contributed by atoms with Gasteiger partial charge >= 0.3 is 0 Å². The molecule has 25 heavy (non-hydrogen) atoms. The number of hydrogen-bond acceptors (Lipinski definition) is 3. The van der Waals surface area contributed by atoms with Crippen molar-refractivity contribution >= 4 is 5.78 Å². The fourth-order valence-corrected chi connectivity index (χ4v) is 7.41. The third-order valence-corrected chi connectivity index (χ3v) is 8.40. The van der Waals surface area contributed by atoms with Crippen LogP contribution >= 0.6 is 0 Å². The van der Waals surface area contributed by atoms with Crippen LogP contribution in [0.1, 0.15) is 59.3 Å². The maximum absolute atomic E-state index is 12.0. The van der Waals surface area contributed by atoms with E-state index in [4.69, 9.17) is 0 Å². The van der Waals surface area contributed by atoms with Crippen molar-refractivity contribution in [3.63, 3.8) is 0 Å². The standard InChI is InChI=1S/C22H32O3/c1-13-10-16-17-5-4-14(7-9-23)22(17,3)12-19(25)20(16)21(2)8-6-15(24)11-18(13)21/h7,11,13,16-17,19-20,23,25H,4-6,8-10,12H2,1-3H3. The van der Waals surface area contributed by atoms with E-state index in [1.54, 1.807) is 0 Å². The molecule has 0 aromatic carbocycles. The van der Waals surface area contributed by atoms with Crippen LogP contribution in [0.4, 0.5) is 0 Å². The molecule has 2 N–H and O–H groups in total. The third-order valence-electron chi connectivity index (χ3n) is 8.40. The molecule has 4 rings (SSSR count). The van der Waals surface area contributed by atoms with Crippen molar-refractivity contribution in [3.05, 3.63) is 23.3 Å². The second-order valence-electron chi connectivity index (χ2n) is 9.56. The van der Waals surface area contributed by atoms with Crippen LogP contribution in [0.25, 0.3) is 0 Å². The summed E-state index contributed by atoms with van der Waals surface area (Å²) in [6, 6.07) is 0. The molecule has 4 aliphatic carbocycles. The van der Waals surface area contributed by atoms with Crippen LogP contribution in [0, 0.1) is 34.5 Å². The molecule has 0 bridgehead atoms. The summed E-state index contributed by atoms with van der Waals surface area (Å²) in [7, 11) is 0. The molecule has 3 heteroatoms. The highest BCUT2D eigenvalue weighted by Gasteiger charge is 2.61. The van der Waals surface area contributed by atoms with E-state index in [1.165, 1.54) is 17.6 Å². The van der Waals surface area contributed by atoms with Crippen LogP contribution in [0.5, 0.6) is 0 Å². The van der Waals surface area contributed by atoms with Crippen molar-refractivity contribution in [2.24, 2.45) is 34.5 Å². The quantitative estimate of drug-likeness (QED) is 0.714. The number of hydrogen-bond donors (Lipinski definition) is 2. The number of fused-ring (bicyclic) bond motifs is 5. The lowest BCUT2D eigenvalue weighted by Crippen LogP contribution is -2.57. The summed E-state index contributed by atoms with van der Waals surface area (Å²) in [4.78, 5) is 12.0. The SMILES string of the molecule is CC1CC2C3CCC(=CCO)C3(C)CC(O)C2C2(C)CCC(=O)C=C12. The largest absolute Gasteiger partial charge is 0.393 e. The molecule has 0 aliphatic heterocycles. The van der Waals surface area contributed by atoms with E-state index in [0.717, 1.165) is 25.7 Å². The van der Waals surface area contributed by atoms with Crippen LogP contribution in [-0.4, -0.2) is 28.7 Å². The van der Waals surface area contributed by atoms with Gasteiger partial charge in [0.25, 0.3) is 0 Å². The van der Waals surface area contributed by atoms with Gasteiger partial charge in [-0.3, -0.25) is 4.79 Å². The second-order valence-corrected chi connectivity index (χ2v) is 9.56. The first kappa shape index (κ1) is 17.5. The van der Waals surface area contributed by atoms with Crippen molar-refractivity contribution < 1.29 is 15.0 Å². The number of rotatable bonds is 1. The van der Waals surface area contributed by atoms with Crippen molar-refractivity contribution in [2.45, 2.75) is 65.4 Å². The smallest absolute Gasteiger partial charge is 0.155 e. The van der Waals surface area contributed by atoms with Gasteiger partial charge in [0, 0.05) is 6.42 Å². The molecule has 3 saturated carbocycles. The molecule has 0 radical (unpaired) electrons. The minimum atomic E-state index is -0.319. The molecule has 3 nitrogen and oxygen atoms in total. The molecule has 0 saturated heterocycles. The Morgan fingerprint density at radius 3 is 2.76 bits per heavy atom. The van der Waals surface area contributed by atoms with Crippen LogP contribution in [-0.2, 0) is 4.79 Å². The summed E-state index contributed by atoms with van der Waals surface area (Å²) in [5.41, 5.74) is 2.66. The van der Waals surface area contributed by atoms with Gasteiger partial charge in [-0.1, -0.05) is 38.0 Å². The molecule has 4 aliphatic rings. The molecule has 138 valence electrons. The number of allylic oxidation sites excluding steroid dienone is 2. The van der Waals surface area contributed by atoms with Crippen molar-refractivity contribution in [3.8, 4) is 0 Å². The summed E-state index contributed by atoms with van der Waals surface area (Å²) >= 11 is 0. The lowest BCUT2D eigenvalue weighted by atomic mass is 9.45. The van der Waals surface area contributed by atoms with Gasteiger partial charge in [-0.15, -0.1) is 0 Å². The highest BCUT2D eigenvalue weighted by molar-refractivity contribution is 5.91. The van der Waals surface area contributed by atoms with E-state index < -0.39 is 0 Å². The maximum atomic E-state index is 12.0. The molecule has 3 fully saturated rings. The fraction of sp³-hybridized carbons (Fsp3) is 0.773. The summed E-state index contributed by atoms with van der Waals surface area (Å²) in [5, 5.41) is 20.7. The van der Waals surface area contributed by atoms with Gasteiger partial charge in [0.2, 0.25) is 0 Å². The molecule has 0 aromatic rings. The van der Waals surface area contributed by atoms with Gasteiger partial charge in [-0.25, -0.2) is 0 Å². The van der Waals surface area contributed by atoms with Crippen molar-refractivity contribution in [2.75, 3.05) is 6.61 Å². The maximum Gasteiger partial charge on any atom is 0.155 e. The van der Waals surface area contributed by atoms with Crippen LogP contribution in [0.15, 0.2) is 23.3 Å². The first-order valence-electron chi connectivity index (χ1n) is 10.0. The van der Waals surface area contributed by atoms with E-state index in [1.807, 2.05) is 12.2 Å². The number of ketones is 1. The minimum absolute atomic E-state index is 0.0273. The molecule has 7 unspecified atom stereocenters. The third kappa shape index (κ3) is 2.35. The van der Waals surface area contributed by atoms with Gasteiger partial charge in [-0.05, 0) is 72.7 Å². The Labute approximate surface area is 151 Å². The highest BCUT2D eigenvalue weighted by Crippen LogP contribution is 2.67. The minimum Gasteiger partial charge on any atom is -0.393 e. The Morgan fingerprint density at radius 1 is 1.28 bits per heavy atom. The zero-order valence-corrected chi connectivity index (χ0v) is 15.8. The van der Waals surface area contributed by atoms with E-state index in [-0.39, 0.29) is 35.2 Å². The van der Waals surface area contributed by atoms with E-state index >= 15 is 0 Å². The fourth-order valence-electron chi connectivity index (χ4n) is 7.41. The Kier molecular flexibility index (Phi) is 4.05. The van der Waals surface area contributed by atoms with Gasteiger partial charge in [0.1, 0.15) is 0 Å². The van der Waals surface area contributed by atoms with Gasteiger partial charge in [-0.2, -0.15) is 0 Å². The van der Waals surface area contributed by atoms with Crippen molar-refractivity contribution in [1.29, 1.82) is 0 Å². The predicted octanol–water partition coefficient (Wildman–Crippen LogP) is 3.65. The Balaban J connectivity index is 1.76. The molecular formula is C22H32O3. The first-order chi connectivity index (χ1) is 11.8. The predicted molar refractivity (Wildman–Crippen MR) is 97.8 cm³/mol. The second kappa shape index (κ2) is 5.79. The summed E-state index contributed by atoms with van der Waals surface area (Å²) in [5.74, 6) is 2.08. The summed E-state index contributed by atoms with van der Waals surface area (Å²) in [6.07, 6.45) is 9.23. The van der Waals surface area contributed by atoms with Crippen LogP contribution < -0.4 is 0 Å². The van der Waals surface area contributed by atoms with Gasteiger partial charge < -0.3 is 10.2 Å².